The zero-order valence-corrected chi connectivity index (χ0v) is 17.5. The van der Waals surface area contributed by atoms with Gasteiger partial charge >= 0.3 is 6.18 Å². The van der Waals surface area contributed by atoms with Crippen LogP contribution in [0.3, 0.4) is 0 Å². The molecule has 168 valence electrons. The van der Waals surface area contributed by atoms with E-state index >= 15 is 0 Å². The molecule has 1 amide bonds. The van der Waals surface area contributed by atoms with Crippen molar-refractivity contribution in [3.63, 3.8) is 0 Å². The van der Waals surface area contributed by atoms with E-state index < -0.39 is 33.5 Å². The van der Waals surface area contributed by atoms with E-state index in [1.54, 1.807) is 0 Å². The third-order valence-corrected chi connectivity index (χ3v) is 5.68. The monoisotopic (exact) mass is 466 g/mol. The Morgan fingerprint density at radius 3 is 2.09 bits per heavy atom. The molecule has 10 heteroatoms. The highest BCUT2D eigenvalue weighted by atomic mass is 32.2. The lowest BCUT2D eigenvalue weighted by molar-refractivity contribution is -0.136. The number of nitrogens with one attached hydrogen (secondary N) is 1. The van der Waals surface area contributed by atoms with E-state index in [2.05, 4.69) is 5.32 Å². The molecule has 0 aliphatic rings. The van der Waals surface area contributed by atoms with Crippen molar-refractivity contribution in [3.8, 4) is 0 Å². The fourth-order valence-electron chi connectivity index (χ4n) is 2.97. The summed E-state index contributed by atoms with van der Waals surface area (Å²) >= 11 is 0. The second-order valence-corrected chi connectivity index (χ2v) is 8.85. The minimum absolute atomic E-state index is 0.0426. The Kier molecular flexibility index (Phi) is 6.54. The Morgan fingerprint density at radius 1 is 0.938 bits per heavy atom. The summed E-state index contributed by atoms with van der Waals surface area (Å²) in [5.41, 5.74) is -0.539. The van der Waals surface area contributed by atoms with Crippen molar-refractivity contribution >= 4 is 27.3 Å². The van der Waals surface area contributed by atoms with Crippen molar-refractivity contribution < 1.29 is 30.8 Å². The molecule has 0 aliphatic heterocycles. The highest BCUT2D eigenvalue weighted by Gasteiger charge is 2.33. The number of anilines is 2. The first-order chi connectivity index (χ1) is 14.9. The smallest absolute Gasteiger partial charge is 0.321 e. The lowest BCUT2D eigenvalue weighted by Crippen LogP contribution is -2.29. The van der Waals surface area contributed by atoms with Crippen LogP contribution in [0, 0.1) is 5.82 Å². The normalized spacial score (nSPS) is 11.8. The van der Waals surface area contributed by atoms with Crippen molar-refractivity contribution in [2.24, 2.45) is 0 Å². The first kappa shape index (κ1) is 23.3. The number of hydrogen-bond acceptors (Lipinski definition) is 3. The molecule has 5 nitrogen and oxygen atoms in total. The highest BCUT2D eigenvalue weighted by molar-refractivity contribution is 7.92. The molecule has 0 aliphatic carbocycles. The van der Waals surface area contributed by atoms with Gasteiger partial charge in [-0.2, -0.15) is 13.2 Å². The SMILES string of the molecule is CS(=O)(=O)N(Cc1ccc(F)cc1)c1ccc(C(=O)Nc2ccccc2C(F)(F)F)cc1. The molecule has 3 rings (SSSR count). The molecule has 0 heterocycles. The third kappa shape index (κ3) is 5.64. The average Bonchev–Trinajstić information content (AvgIpc) is 2.72. The second kappa shape index (κ2) is 8.99. The van der Waals surface area contributed by atoms with Crippen molar-refractivity contribution in [3.05, 3.63) is 95.3 Å². The van der Waals surface area contributed by atoms with Crippen molar-refractivity contribution in [2.75, 3.05) is 15.9 Å². The molecule has 0 saturated heterocycles. The molecule has 32 heavy (non-hydrogen) atoms. The molecule has 0 radical (unpaired) electrons. The predicted molar refractivity (Wildman–Crippen MR) is 113 cm³/mol. The van der Waals surface area contributed by atoms with E-state index in [1.807, 2.05) is 0 Å². The van der Waals surface area contributed by atoms with Gasteiger partial charge in [-0.1, -0.05) is 24.3 Å². The van der Waals surface area contributed by atoms with Gasteiger partial charge in [0.05, 0.1) is 29.7 Å². The number of benzene rings is 3. The molecule has 0 atom stereocenters. The van der Waals surface area contributed by atoms with Crippen LogP contribution in [-0.2, 0) is 22.7 Å². The van der Waals surface area contributed by atoms with Crippen LogP contribution in [0.1, 0.15) is 21.5 Å². The van der Waals surface area contributed by atoms with Gasteiger partial charge in [0.15, 0.2) is 0 Å². The fraction of sp³-hybridized carbons (Fsp3) is 0.136. The molecule has 3 aromatic rings. The van der Waals surface area contributed by atoms with Gasteiger partial charge in [0.1, 0.15) is 5.82 Å². The fourth-order valence-corrected chi connectivity index (χ4v) is 3.86. The third-order valence-electron chi connectivity index (χ3n) is 4.54. The van der Waals surface area contributed by atoms with Crippen LogP contribution >= 0.6 is 0 Å². The molecule has 0 fully saturated rings. The minimum Gasteiger partial charge on any atom is -0.321 e. The molecule has 0 unspecified atom stereocenters. The lowest BCUT2D eigenvalue weighted by Gasteiger charge is -2.23. The maximum Gasteiger partial charge on any atom is 0.418 e. The quantitative estimate of drug-likeness (QED) is 0.517. The predicted octanol–water partition coefficient (Wildman–Crippen LogP) is 5.06. The van der Waals surface area contributed by atoms with Crippen molar-refractivity contribution in [1.82, 2.24) is 0 Å². The minimum atomic E-state index is -4.63. The Morgan fingerprint density at radius 2 is 1.53 bits per heavy atom. The van der Waals surface area contributed by atoms with Crippen LogP contribution < -0.4 is 9.62 Å². The molecule has 1 N–H and O–H groups in total. The van der Waals surface area contributed by atoms with Gasteiger partial charge in [0, 0.05) is 5.56 Å². The number of nitrogens with zero attached hydrogens (tertiary/aromatic N) is 1. The number of rotatable bonds is 6. The van der Waals surface area contributed by atoms with E-state index in [0.29, 0.717) is 5.56 Å². The number of carbonyl (C=O) groups is 1. The summed E-state index contributed by atoms with van der Waals surface area (Å²) < 4.78 is 78.1. The molecule has 0 saturated carbocycles. The van der Waals surface area contributed by atoms with Gasteiger partial charge in [-0.15, -0.1) is 0 Å². The number of halogens is 4. The molecule has 3 aromatic carbocycles. The molecule has 0 aromatic heterocycles. The van der Waals surface area contributed by atoms with Crippen LogP contribution in [0.4, 0.5) is 28.9 Å². The number of carbonyl (C=O) groups excluding carboxylic acids is 1. The summed E-state index contributed by atoms with van der Waals surface area (Å²) in [5, 5.41) is 2.23. The van der Waals surface area contributed by atoms with Crippen LogP contribution in [0.5, 0.6) is 0 Å². The molecule has 0 bridgehead atoms. The average molecular weight is 466 g/mol. The number of alkyl halides is 3. The summed E-state index contributed by atoms with van der Waals surface area (Å²) in [4.78, 5) is 12.4. The number of para-hydroxylation sites is 1. The molecule has 0 spiro atoms. The Labute approximate surface area is 182 Å². The lowest BCUT2D eigenvalue weighted by atomic mass is 10.1. The van der Waals surface area contributed by atoms with Gasteiger partial charge in [0.2, 0.25) is 10.0 Å². The van der Waals surface area contributed by atoms with Gasteiger partial charge in [-0.05, 0) is 54.1 Å². The van der Waals surface area contributed by atoms with Crippen LogP contribution in [0.15, 0.2) is 72.8 Å². The zero-order valence-electron chi connectivity index (χ0n) is 16.7. The molecular weight excluding hydrogens is 448 g/mol. The maximum atomic E-state index is 13.1. The van der Waals surface area contributed by atoms with Crippen molar-refractivity contribution in [2.45, 2.75) is 12.7 Å². The standard InChI is InChI=1S/C22H18F4N2O3S/c1-32(30,31)28(14-15-6-10-17(23)11-7-15)18-12-8-16(9-13-18)21(29)27-20-5-3-2-4-19(20)22(24,25)26/h2-13H,14H2,1H3,(H,27,29). The molecular formula is C22H18F4N2O3S. The Balaban J connectivity index is 1.82. The summed E-state index contributed by atoms with van der Waals surface area (Å²) in [6.07, 6.45) is -3.63. The summed E-state index contributed by atoms with van der Waals surface area (Å²) in [6, 6.07) is 15.3. The van der Waals surface area contributed by atoms with E-state index in [1.165, 1.54) is 60.7 Å². The van der Waals surface area contributed by atoms with E-state index in [0.717, 1.165) is 22.7 Å². The van der Waals surface area contributed by atoms with Gasteiger partial charge < -0.3 is 5.32 Å². The first-order valence-electron chi connectivity index (χ1n) is 9.25. The number of hydrogen-bond donors (Lipinski definition) is 1. The van der Waals surface area contributed by atoms with E-state index in [4.69, 9.17) is 0 Å². The first-order valence-corrected chi connectivity index (χ1v) is 11.1. The topological polar surface area (TPSA) is 66.5 Å². The zero-order chi connectivity index (χ0) is 23.5. The summed E-state index contributed by atoms with van der Waals surface area (Å²) in [6.45, 7) is -0.0659. The van der Waals surface area contributed by atoms with Gasteiger partial charge in [-0.3, -0.25) is 9.10 Å². The largest absolute Gasteiger partial charge is 0.418 e. The van der Waals surface area contributed by atoms with Crippen molar-refractivity contribution in [1.29, 1.82) is 0 Å². The number of amides is 1. The van der Waals surface area contributed by atoms with Gasteiger partial charge in [-0.25, -0.2) is 12.8 Å². The number of sulfonamides is 1. The summed E-state index contributed by atoms with van der Waals surface area (Å²) in [7, 11) is -3.72. The van der Waals surface area contributed by atoms with Gasteiger partial charge in [0.25, 0.3) is 5.91 Å². The van der Waals surface area contributed by atoms with Crippen LogP contribution in [-0.4, -0.2) is 20.6 Å². The Hall–Kier alpha value is -3.40. The van der Waals surface area contributed by atoms with Crippen LogP contribution in [0.25, 0.3) is 0 Å². The Bertz CT molecular complexity index is 1210. The second-order valence-electron chi connectivity index (χ2n) is 6.94. The van der Waals surface area contributed by atoms with E-state index in [9.17, 15) is 30.8 Å². The maximum absolute atomic E-state index is 13.1. The highest BCUT2D eigenvalue weighted by Crippen LogP contribution is 2.34. The van der Waals surface area contributed by atoms with E-state index in [-0.39, 0.29) is 23.5 Å². The summed E-state index contributed by atoms with van der Waals surface area (Å²) in [5.74, 6) is -1.24. The van der Waals surface area contributed by atoms with Crippen LogP contribution in [0.2, 0.25) is 0 Å².